The van der Waals surface area contributed by atoms with Crippen molar-refractivity contribution in [1.29, 1.82) is 0 Å². The lowest BCUT2D eigenvalue weighted by Crippen LogP contribution is -2.39. The maximum absolute atomic E-state index is 12.6. The monoisotopic (exact) mass is 360 g/mol. The molecule has 1 aromatic carbocycles. The average molecular weight is 360 g/mol. The van der Waals surface area contributed by atoms with Crippen LogP contribution in [0, 0.1) is 0 Å². The van der Waals surface area contributed by atoms with Crippen LogP contribution < -0.4 is 15.4 Å². The molecule has 132 valence electrons. The van der Waals surface area contributed by atoms with Crippen LogP contribution in [0.1, 0.15) is 16.8 Å². The van der Waals surface area contributed by atoms with Crippen molar-refractivity contribution in [2.75, 3.05) is 30.5 Å². The number of esters is 1. The number of anilines is 1. The number of hydrogen-bond donors (Lipinski definition) is 2. The fourth-order valence-electron chi connectivity index (χ4n) is 2.24. The van der Waals surface area contributed by atoms with Crippen molar-refractivity contribution in [3.8, 4) is 5.75 Å². The molecule has 1 amide bonds. The number of alkyl halides is 2. The molecular formula is C15H18F2N2O4S. The van der Waals surface area contributed by atoms with E-state index in [4.69, 9.17) is 0 Å². The summed E-state index contributed by atoms with van der Waals surface area (Å²) in [5.41, 5.74) is 0.132. The number of thioether (sulfide) groups is 1. The summed E-state index contributed by atoms with van der Waals surface area (Å²) in [5.74, 6) is 0.525. The SMILES string of the molecule is COC(=O)c1ccc(NC(=O)CC2CSCCN2)c(OC(F)F)c1. The summed E-state index contributed by atoms with van der Waals surface area (Å²) in [6.07, 6.45) is 0.222. The summed E-state index contributed by atoms with van der Waals surface area (Å²) in [6.45, 7) is -2.25. The molecule has 2 N–H and O–H groups in total. The Hall–Kier alpha value is -1.87. The highest BCUT2D eigenvalue weighted by Crippen LogP contribution is 2.28. The largest absolute Gasteiger partial charge is 0.465 e. The Balaban J connectivity index is 2.09. The van der Waals surface area contributed by atoms with E-state index in [9.17, 15) is 18.4 Å². The average Bonchev–Trinajstić information content (AvgIpc) is 2.56. The molecule has 1 unspecified atom stereocenters. The van der Waals surface area contributed by atoms with E-state index in [1.54, 1.807) is 11.8 Å². The summed E-state index contributed by atoms with van der Waals surface area (Å²) in [5, 5.41) is 5.77. The molecule has 0 spiro atoms. The van der Waals surface area contributed by atoms with Gasteiger partial charge in [0, 0.05) is 30.5 Å². The summed E-state index contributed by atoms with van der Waals surface area (Å²) >= 11 is 1.75. The smallest absolute Gasteiger partial charge is 0.387 e. The zero-order valence-electron chi connectivity index (χ0n) is 13.0. The number of methoxy groups -OCH3 is 1. The highest BCUT2D eigenvalue weighted by Gasteiger charge is 2.19. The lowest BCUT2D eigenvalue weighted by molar-refractivity contribution is -0.116. The first-order valence-electron chi connectivity index (χ1n) is 7.27. The lowest BCUT2D eigenvalue weighted by Gasteiger charge is -2.22. The van der Waals surface area contributed by atoms with Crippen molar-refractivity contribution in [1.82, 2.24) is 5.32 Å². The Kier molecular flexibility index (Phi) is 6.80. The van der Waals surface area contributed by atoms with E-state index in [0.29, 0.717) is 0 Å². The first kappa shape index (κ1) is 18.5. The van der Waals surface area contributed by atoms with Crippen LogP contribution in [0.25, 0.3) is 0 Å². The van der Waals surface area contributed by atoms with Crippen molar-refractivity contribution in [2.24, 2.45) is 0 Å². The van der Waals surface area contributed by atoms with Crippen LogP contribution >= 0.6 is 11.8 Å². The summed E-state index contributed by atoms with van der Waals surface area (Å²) in [4.78, 5) is 23.6. The van der Waals surface area contributed by atoms with E-state index in [1.807, 2.05) is 0 Å². The van der Waals surface area contributed by atoms with Crippen molar-refractivity contribution in [3.63, 3.8) is 0 Å². The second-order valence-electron chi connectivity index (χ2n) is 5.06. The summed E-state index contributed by atoms with van der Waals surface area (Å²) in [7, 11) is 1.18. The van der Waals surface area contributed by atoms with Gasteiger partial charge in [0.2, 0.25) is 5.91 Å². The number of nitrogens with one attached hydrogen (secondary N) is 2. The molecule has 1 aromatic rings. The molecule has 0 aliphatic carbocycles. The van der Waals surface area contributed by atoms with Crippen LogP contribution in [0.3, 0.4) is 0 Å². The zero-order chi connectivity index (χ0) is 17.5. The van der Waals surface area contributed by atoms with Gasteiger partial charge in [0.25, 0.3) is 0 Å². The van der Waals surface area contributed by atoms with E-state index < -0.39 is 12.6 Å². The van der Waals surface area contributed by atoms with E-state index in [2.05, 4.69) is 20.1 Å². The Morgan fingerprint density at radius 2 is 2.25 bits per heavy atom. The number of hydrogen-bond acceptors (Lipinski definition) is 6. The highest BCUT2D eigenvalue weighted by molar-refractivity contribution is 7.99. The number of halogens is 2. The van der Waals surface area contributed by atoms with Gasteiger partial charge in [0.15, 0.2) is 0 Å². The van der Waals surface area contributed by atoms with E-state index in [-0.39, 0.29) is 35.4 Å². The third kappa shape index (κ3) is 5.34. The van der Waals surface area contributed by atoms with Gasteiger partial charge in [-0.05, 0) is 18.2 Å². The van der Waals surface area contributed by atoms with Crippen molar-refractivity contribution < 1.29 is 27.8 Å². The van der Waals surface area contributed by atoms with Gasteiger partial charge in [0.05, 0.1) is 18.4 Å². The van der Waals surface area contributed by atoms with Crippen LogP contribution in [0.4, 0.5) is 14.5 Å². The van der Waals surface area contributed by atoms with Crippen molar-refractivity contribution in [2.45, 2.75) is 19.1 Å². The molecular weight excluding hydrogens is 342 g/mol. The predicted molar refractivity (Wildman–Crippen MR) is 86.8 cm³/mol. The molecule has 0 bridgehead atoms. The predicted octanol–water partition coefficient (Wildman–Crippen LogP) is 2.11. The van der Waals surface area contributed by atoms with Crippen LogP contribution in [0.5, 0.6) is 5.75 Å². The minimum absolute atomic E-state index is 0.0394. The molecule has 1 saturated heterocycles. The molecule has 0 saturated carbocycles. The molecule has 1 aliphatic rings. The second-order valence-corrected chi connectivity index (χ2v) is 6.21. The van der Waals surface area contributed by atoms with Gasteiger partial charge in [-0.1, -0.05) is 0 Å². The number of benzene rings is 1. The van der Waals surface area contributed by atoms with Crippen LogP contribution in [0.15, 0.2) is 18.2 Å². The van der Waals surface area contributed by atoms with Crippen molar-refractivity contribution in [3.05, 3.63) is 23.8 Å². The molecule has 9 heteroatoms. The molecule has 6 nitrogen and oxygen atoms in total. The van der Waals surface area contributed by atoms with Gasteiger partial charge >= 0.3 is 12.6 Å². The quantitative estimate of drug-likeness (QED) is 0.757. The Labute approximate surface area is 142 Å². The fraction of sp³-hybridized carbons (Fsp3) is 0.467. The minimum atomic E-state index is -3.08. The third-order valence-corrected chi connectivity index (χ3v) is 4.45. The number of amides is 1. The van der Waals surface area contributed by atoms with E-state index >= 15 is 0 Å². The zero-order valence-corrected chi connectivity index (χ0v) is 13.8. The topological polar surface area (TPSA) is 76.7 Å². The minimum Gasteiger partial charge on any atom is -0.465 e. The second kappa shape index (κ2) is 8.84. The first-order valence-corrected chi connectivity index (χ1v) is 8.43. The van der Waals surface area contributed by atoms with Crippen molar-refractivity contribution >= 4 is 29.3 Å². The van der Waals surface area contributed by atoms with Gasteiger partial charge in [-0.25, -0.2) is 4.79 Å². The Morgan fingerprint density at radius 1 is 1.46 bits per heavy atom. The standard InChI is InChI=1S/C15H18F2N2O4S/c1-22-14(21)9-2-3-11(12(6-9)23-15(16)17)19-13(20)7-10-8-24-5-4-18-10/h2-3,6,10,15,18H,4-5,7-8H2,1H3,(H,19,20). The van der Waals surface area contributed by atoms with Gasteiger partial charge in [0.1, 0.15) is 5.75 Å². The van der Waals surface area contributed by atoms with Gasteiger partial charge in [-0.3, -0.25) is 4.79 Å². The normalized spacial score (nSPS) is 17.4. The molecule has 0 aromatic heterocycles. The Bertz CT molecular complexity index is 595. The van der Waals surface area contributed by atoms with E-state index in [0.717, 1.165) is 24.1 Å². The molecule has 1 aliphatic heterocycles. The lowest BCUT2D eigenvalue weighted by atomic mass is 10.1. The van der Waals surface area contributed by atoms with E-state index in [1.165, 1.54) is 19.2 Å². The highest BCUT2D eigenvalue weighted by atomic mass is 32.2. The molecule has 0 radical (unpaired) electrons. The number of ether oxygens (including phenoxy) is 2. The molecule has 2 rings (SSSR count). The van der Waals surface area contributed by atoms with Gasteiger partial charge in [-0.2, -0.15) is 20.5 Å². The number of carbonyl (C=O) groups is 2. The maximum atomic E-state index is 12.6. The van der Waals surface area contributed by atoms with Gasteiger partial charge in [-0.15, -0.1) is 0 Å². The maximum Gasteiger partial charge on any atom is 0.387 e. The van der Waals surface area contributed by atoms with Crippen LogP contribution in [0.2, 0.25) is 0 Å². The molecule has 24 heavy (non-hydrogen) atoms. The number of carbonyl (C=O) groups excluding carboxylic acids is 2. The van der Waals surface area contributed by atoms with Gasteiger partial charge < -0.3 is 20.1 Å². The Morgan fingerprint density at radius 3 is 2.88 bits per heavy atom. The summed E-state index contributed by atoms with van der Waals surface area (Å²) in [6, 6.07) is 3.86. The van der Waals surface area contributed by atoms with Crippen LogP contribution in [-0.2, 0) is 9.53 Å². The molecule has 1 fully saturated rings. The fourth-order valence-corrected chi connectivity index (χ4v) is 3.19. The number of rotatable bonds is 6. The first-order chi connectivity index (χ1) is 11.5. The summed E-state index contributed by atoms with van der Waals surface area (Å²) < 4.78 is 34.1. The van der Waals surface area contributed by atoms with Crippen LogP contribution in [-0.4, -0.2) is 49.7 Å². The molecule has 1 atom stereocenters. The third-order valence-electron chi connectivity index (χ3n) is 3.32. The molecule has 1 heterocycles.